The van der Waals surface area contributed by atoms with E-state index in [0.717, 1.165) is 33.7 Å². The fourth-order valence-electron chi connectivity index (χ4n) is 2.57. The number of methoxy groups -OCH3 is 1. The lowest BCUT2D eigenvalue weighted by molar-refractivity contribution is -0.137. The van der Waals surface area contributed by atoms with E-state index in [1.807, 2.05) is 0 Å². The number of anilines is 2. The molecule has 1 N–H and O–H groups in total. The molecule has 1 aromatic carbocycles. The smallest absolute Gasteiger partial charge is 0.316 e. The molecule has 1 amide bonds. The molecule has 0 saturated heterocycles. The zero-order chi connectivity index (χ0) is 21.9. The van der Waals surface area contributed by atoms with Gasteiger partial charge in [-0.25, -0.2) is 8.42 Å². The van der Waals surface area contributed by atoms with Gasteiger partial charge in [0.1, 0.15) is 5.75 Å². The van der Waals surface area contributed by atoms with E-state index >= 15 is 0 Å². The Morgan fingerprint density at radius 2 is 2.20 bits per heavy atom. The van der Waals surface area contributed by atoms with Gasteiger partial charge in [0.2, 0.25) is 15.2 Å². The summed E-state index contributed by atoms with van der Waals surface area (Å²) in [5, 5.41) is 11.0. The maximum absolute atomic E-state index is 12.7. The number of amides is 1. The van der Waals surface area contributed by atoms with E-state index < -0.39 is 28.0 Å². The van der Waals surface area contributed by atoms with Crippen LogP contribution in [-0.4, -0.2) is 62.3 Å². The van der Waals surface area contributed by atoms with Crippen molar-refractivity contribution in [3.63, 3.8) is 0 Å². The average Bonchev–Trinajstić information content (AvgIpc) is 3.03. The minimum Gasteiger partial charge on any atom is -0.478 e. The molecule has 0 aliphatic carbocycles. The van der Waals surface area contributed by atoms with Gasteiger partial charge in [-0.1, -0.05) is 34.7 Å². The van der Waals surface area contributed by atoms with Crippen LogP contribution >= 0.6 is 34.7 Å². The second-order valence-electron chi connectivity index (χ2n) is 6.07. The SMILES string of the molecule is COC(=O)CSc1nnc(NC(=O)[C@H]2CCN(S(C)(=O)=O)c3cc(Cl)ccc3O2)s1. The van der Waals surface area contributed by atoms with Gasteiger partial charge in [-0.15, -0.1) is 10.2 Å². The topological polar surface area (TPSA) is 128 Å². The van der Waals surface area contributed by atoms with Crippen molar-refractivity contribution >= 4 is 67.4 Å². The number of hydrogen-bond donors (Lipinski definition) is 1. The number of nitrogens with one attached hydrogen (secondary N) is 1. The van der Waals surface area contributed by atoms with Gasteiger partial charge in [0.15, 0.2) is 10.4 Å². The Hall–Kier alpha value is -2.09. The van der Waals surface area contributed by atoms with E-state index in [1.165, 1.54) is 19.2 Å². The Bertz CT molecular complexity index is 1060. The highest BCUT2D eigenvalue weighted by Gasteiger charge is 2.32. The third kappa shape index (κ3) is 5.53. The van der Waals surface area contributed by atoms with Gasteiger partial charge in [0.25, 0.3) is 5.91 Å². The Morgan fingerprint density at radius 1 is 1.43 bits per heavy atom. The number of carbonyl (C=O) groups excluding carboxylic acids is 2. The van der Waals surface area contributed by atoms with Crippen molar-refractivity contribution < 1.29 is 27.5 Å². The van der Waals surface area contributed by atoms with Crippen molar-refractivity contribution in [2.45, 2.75) is 16.9 Å². The molecular formula is C16H17ClN4O6S3. The molecule has 0 fully saturated rings. The molecule has 162 valence electrons. The average molecular weight is 493 g/mol. The maximum Gasteiger partial charge on any atom is 0.316 e. The molecule has 10 nitrogen and oxygen atoms in total. The molecular weight excluding hydrogens is 476 g/mol. The highest BCUT2D eigenvalue weighted by molar-refractivity contribution is 8.01. The standard InChI is InChI=1S/C16H17ClN4O6S3/c1-26-13(22)8-28-16-20-19-15(29-16)18-14(23)12-5-6-21(30(2,24)25)10-7-9(17)3-4-11(10)27-12/h3-4,7,12H,5-6,8H2,1-2H3,(H,18,19,23)/t12-/m1/s1. The van der Waals surface area contributed by atoms with Crippen LogP contribution in [0.3, 0.4) is 0 Å². The van der Waals surface area contributed by atoms with Crippen molar-refractivity contribution in [3.8, 4) is 5.75 Å². The molecule has 2 heterocycles. The lowest BCUT2D eigenvalue weighted by Gasteiger charge is -2.21. The number of halogens is 1. The van der Waals surface area contributed by atoms with Crippen LogP contribution < -0.4 is 14.4 Å². The van der Waals surface area contributed by atoms with E-state index in [0.29, 0.717) is 9.36 Å². The van der Waals surface area contributed by atoms with Crippen molar-refractivity contribution in [1.29, 1.82) is 0 Å². The number of hydrogen-bond acceptors (Lipinski definition) is 10. The number of esters is 1. The van der Waals surface area contributed by atoms with E-state index in [2.05, 4.69) is 20.3 Å². The minimum atomic E-state index is -3.60. The van der Waals surface area contributed by atoms with Crippen LogP contribution in [-0.2, 0) is 24.3 Å². The molecule has 30 heavy (non-hydrogen) atoms. The van der Waals surface area contributed by atoms with E-state index in [-0.39, 0.29) is 35.3 Å². The third-order valence-corrected chi connectivity index (χ3v) is 7.28. The van der Waals surface area contributed by atoms with Crippen LogP contribution in [0.25, 0.3) is 0 Å². The quantitative estimate of drug-likeness (QED) is 0.365. The first-order valence-corrected chi connectivity index (χ1v) is 12.5. The minimum absolute atomic E-state index is 0.0423. The third-order valence-electron chi connectivity index (χ3n) is 3.92. The van der Waals surface area contributed by atoms with E-state index in [9.17, 15) is 18.0 Å². The fourth-order valence-corrected chi connectivity index (χ4v) is 5.26. The first-order chi connectivity index (χ1) is 14.2. The van der Waals surface area contributed by atoms with Crippen molar-refractivity contribution in [2.24, 2.45) is 0 Å². The first kappa shape index (κ1) is 22.6. The highest BCUT2D eigenvalue weighted by atomic mass is 35.5. The van der Waals surface area contributed by atoms with Crippen LogP contribution in [0.1, 0.15) is 6.42 Å². The summed E-state index contributed by atoms with van der Waals surface area (Å²) in [6, 6.07) is 4.55. The van der Waals surface area contributed by atoms with Crippen LogP contribution in [0.4, 0.5) is 10.8 Å². The summed E-state index contributed by atoms with van der Waals surface area (Å²) in [6.07, 6.45) is 0.243. The molecule has 1 aliphatic rings. The Morgan fingerprint density at radius 3 is 2.90 bits per heavy atom. The number of rotatable bonds is 6. The number of ether oxygens (including phenoxy) is 2. The van der Waals surface area contributed by atoms with Crippen molar-refractivity contribution in [3.05, 3.63) is 23.2 Å². The second kappa shape index (κ2) is 9.37. The van der Waals surface area contributed by atoms with Gasteiger partial charge in [-0.3, -0.25) is 19.2 Å². The molecule has 0 spiro atoms. The van der Waals surface area contributed by atoms with Gasteiger partial charge < -0.3 is 9.47 Å². The van der Waals surface area contributed by atoms with Crippen LogP contribution in [0, 0.1) is 0 Å². The number of benzene rings is 1. The number of aromatic nitrogens is 2. The fraction of sp³-hybridized carbons (Fsp3) is 0.375. The van der Waals surface area contributed by atoms with Crippen molar-refractivity contribution in [1.82, 2.24) is 10.2 Å². The van der Waals surface area contributed by atoms with Gasteiger partial charge in [-0.05, 0) is 18.2 Å². The summed E-state index contributed by atoms with van der Waals surface area (Å²) in [5.41, 5.74) is 0.276. The molecule has 1 aliphatic heterocycles. The largest absolute Gasteiger partial charge is 0.478 e. The predicted octanol–water partition coefficient (Wildman–Crippen LogP) is 2.01. The summed E-state index contributed by atoms with van der Waals surface area (Å²) < 4.78 is 36.4. The molecule has 0 saturated carbocycles. The van der Waals surface area contributed by atoms with Gasteiger partial charge >= 0.3 is 5.97 Å². The number of fused-ring (bicyclic) bond motifs is 1. The Labute approximate surface area is 185 Å². The van der Waals surface area contributed by atoms with Crippen LogP contribution in [0.5, 0.6) is 5.75 Å². The normalized spacial score (nSPS) is 16.2. The summed E-state index contributed by atoms with van der Waals surface area (Å²) >= 11 is 8.24. The highest BCUT2D eigenvalue weighted by Crippen LogP contribution is 2.36. The number of thioether (sulfide) groups is 1. The lowest BCUT2D eigenvalue weighted by atomic mass is 10.2. The molecule has 2 aromatic rings. The Kier molecular flexibility index (Phi) is 7.06. The van der Waals surface area contributed by atoms with Gasteiger partial charge in [0, 0.05) is 18.0 Å². The molecule has 0 bridgehead atoms. The van der Waals surface area contributed by atoms with E-state index in [4.69, 9.17) is 16.3 Å². The summed E-state index contributed by atoms with van der Waals surface area (Å²) in [6.45, 7) is 0.0423. The predicted molar refractivity (Wildman–Crippen MR) is 114 cm³/mol. The lowest BCUT2D eigenvalue weighted by Crippen LogP contribution is -2.35. The number of nitrogens with zero attached hydrogens (tertiary/aromatic N) is 3. The molecule has 1 atom stereocenters. The van der Waals surface area contributed by atoms with Gasteiger partial charge in [0.05, 0.1) is 24.8 Å². The van der Waals surface area contributed by atoms with Crippen LogP contribution in [0.15, 0.2) is 22.5 Å². The molecule has 3 rings (SSSR count). The Balaban J connectivity index is 1.72. The first-order valence-electron chi connectivity index (χ1n) is 8.45. The van der Waals surface area contributed by atoms with Gasteiger partial charge in [-0.2, -0.15) is 0 Å². The zero-order valence-electron chi connectivity index (χ0n) is 15.8. The number of sulfonamides is 1. The van der Waals surface area contributed by atoms with Crippen molar-refractivity contribution in [2.75, 3.05) is 35.3 Å². The molecule has 0 radical (unpaired) electrons. The van der Waals surface area contributed by atoms with E-state index in [1.54, 1.807) is 6.07 Å². The molecule has 1 aromatic heterocycles. The summed E-state index contributed by atoms with van der Waals surface area (Å²) in [7, 11) is -2.31. The zero-order valence-corrected chi connectivity index (χ0v) is 19.0. The summed E-state index contributed by atoms with van der Waals surface area (Å²) in [5.74, 6) is -0.589. The monoisotopic (exact) mass is 492 g/mol. The second-order valence-corrected chi connectivity index (χ2v) is 10.6. The summed E-state index contributed by atoms with van der Waals surface area (Å²) in [4.78, 5) is 23.9. The maximum atomic E-state index is 12.7. The molecule has 14 heteroatoms. The van der Waals surface area contributed by atoms with Crippen LogP contribution in [0.2, 0.25) is 5.02 Å². The number of carbonyl (C=O) groups is 2. The molecule has 0 unspecified atom stereocenters.